The lowest BCUT2D eigenvalue weighted by Crippen LogP contribution is -2.43. The minimum atomic E-state index is -3.59. The molecule has 8 nitrogen and oxygen atoms in total. The third-order valence-electron chi connectivity index (χ3n) is 6.22. The highest BCUT2D eigenvalue weighted by atomic mass is 32.2. The lowest BCUT2D eigenvalue weighted by molar-refractivity contribution is -0.126. The first-order valence-electron chi connectivity index (χ1n) is 11.1. The van der Waals surface area contributed by atoms with E-state index in [1.165, 1.54) is 4.31 Å². The normalized spacial score (nSPS) is 15.8. The number of carbonyl (C=O) groups excluding carboxylic acids is 1. The second-order valence-corrected chi connectivity index (χ2v) is 10.2. The number of hydrogen-bond acceptors (Lipinski definition) is 5. The van der Waals surface area contributed by atoms with Gasteiger partial charge in [-0.15, -0.1) is 10.2 Å². The Bertz CT molecular complexity index is 1410. The van der Waals surface area contributed by atoms with E-state index >= 15 is 0 Å². The van der Waals surface area contributed by atoms with E-state index in [-0.39, 0.29) is 11.8 Å². The van der Waals surface area contributed by atoms with Crippen molar-refractivity contribution >= 4 is 32.4 Å². The summed E-state index contributed by atoms with van der Waals surface area (Å²) < 4.78 is 29.7. The molecule has 0 unspecified atom stereocenters. The predicted octanol–water partition coefficient (Wildman–Crippen LogP) is 2.64. The van der Waals surface area contributed by atoms with E-state index in [2.05, 4.69) is 15.5 Å². The molecule has 0 saturated carbocycles. The first-order valence-corrected chi connectivity index (χ1v) is 12.5. The first kappa shape index (κ1) is 21.5. The quantitative estimate of drug-likeness (QED) is 0.474. The van der Waals surface area contributed by atoms with Gasteiger partial charge in [0.2, 0.25) is 15.9 Å². The Morgan fingerprint density at radius 2 is 1.73 bits per heavy atom. The van der Waals surface area contributed by atoms with E-state index in [1.807, 2.05) is 59.1 Å². The number of carbonyl (C=O) groups is 1. The van der Waals surface area contributed by atoms with Crippen molar-refractivity contribution in [3.63, 3.8) is 0 Å². The van der Waals surface area contributed by atoms with Gasteiger partial charge in [-0.2, -0.15) is 4.31 Å². The highest BCUT2D eigenvalue weighted by Gasteiger charge is 2.32. The van der Waals surface area contributed by atoms with Gasteiger partial charge in [-0.25, -0.2) is 8.42 Å². The summed E-state index contributed by atoms with van der Waals surface area (Å²) in [6, 6.07) is 18.6. The molecular formula is C24H25N5O3S. The summed E-state index contributed by atoms with van der Waals surface area (Å²) in [6.45, 7) is 1.13. The zero-order chi connectivity index (χ0) is 22.8. The van der Waals surface area contributed by atoms with Crippen LogP contribution in [0.4, 0.5) is 0 Å². The number of aromatic nitrogens is 3. The molecule has 0 aliphatic carbocycles. The molecule has 5 rings (SSSR count). The zero-order valence-electron chi connectivity index (χ0n) is 18.1. The average molecular weight is 464 g/mol. The standard InChI is InChI=1S/C24H25N5O3S/c30-24(25-13-10-23-27-26-22-7-3-4-14-29(22)23)19-11-15-28(16-12-19)33(31,32)21-9-8-18-5-1-2-6-20(18)17-21/h1-9,14,17,19H,10-13,15-16H2,(H,25,30). The summed E-state index contributed by atoms with van der Waals surface area (Å²) in [5.74, 6) is 0.567. The molecule has 4 aromatic rings. The fourth-order valence-electron chi connectivity index (χ4n) is 4.34. The van der Waals surface area contributed by atoms with E-state index in [1.54, 1.807) is 12.1 Å². The fraction of sp³-hybridized carbons (Fsp3) is 0.292. The molecule has 2 aromatic heterocycles. The number of hydrogen-bond donors (Lipinski definition) is 1. The van der Waals surface area contributed by atoms with Gasteiger partial charge < -0.3 is 5.32 Å². The highest BCUT2D eigenvalue weighted by Crippen LogP contribution is 2.26. The fourth-order valence-corrected chi connectivity index (χ4v) is 5.84. The van der Waals surface area contributed by atoms with E-state index in [9.17, 15) is 13.2 Å². The van der Waals surface area contributed by atoms with Crippen LogP contribution in [-0.2, 0) is 21.2 Å². The van der Waals surface area contributed by atoms with Crippen molar-refractivity contribution in [1.82, 2.24) is 24.2 Å². The molecule has 9 heteroatoms. The lowest BCUT2D eigenvalue weighted by Gasteiger charge is -2.30. The number of sulfonamides is 1. The Morgan fingerprint density at radius 1 is 0.970 bits per heavy atom. The van der Waals surface area contributed by atoms with Gasteiger partial charge >= 0.3 is 0 Å². The molecule has 3 heterocycles. The van der Waals surface area contributed by atoms with Gasteiger partial charge in [0.1, 0.15) is 5.82 Å². The van der Waals surface area contributed by atoms with Gasteiger partial charge in [-0.3, -0.25) is 9.20 Å². The third-order valence-corrected chi connectivity index (χ3v) is 8.11. The van der Waals surface area contributed by atoms with Crippen LogP contribution in [0.1, 0.15) is 18.7 Å². The second-order valence-electron chi connectivity index (χ2n) is 8.27. The Labute approximate surface area is 192 Å². The first-order chi connectivity index (χ1) is 16.0. The molecule has 0 spiro atoms. The Kier molecular flexibility index (Phi) is 5.82. The van der Waals surface area contributed by atoms with Crippen LogP contribution in [0, 0.1) is 5.92 Å². The van der Waals surface area contributed by atoms with Gasteiger partial charge in [0, 0.05) is 38.2 Å². The summed E-state index contributed by atoms with van der Waals surface area (Å²) >= 11 is 0. The molecule has 0 bridgehead atoms. The monoisotopic (exact) mass is 463 g/mol. The molecule has 33 heavy (non-hydrogen) atoms. The van der Waals surface area contributed by atoms with Crippen molar-refractivity contribution in [3.8, 4) is 0 Å². The lowest BCUT2D eigenvalue weighted by atomic mass is 9.97. The van der Waals surface area contributed by atoms with Crippen LogP contribution >= 0.6 is 0 Å². The number of nitrogens with zero attached hydrogens (tertiary/aromatic N) is 4. The van der Waals surface area contributed by atoms with Crippen LogP contribution in [0.2, 0.25) is 0 Å². The SMILES string of the molecule is O=C(NCCc1nnc2ccccn12)C1CCN(S(=O)(=O)c2ccc3ccccc3c2)CC1. The number of nitrogens with one attached hydrogen (secondary N) is 1. The smallest absolute Gasteiger partial charge is 0.243 e. The topological polar surface area (TPSA) is 96.7 Å². The van der Waals surface area contributed by atoms with Crippen molar-refractivity contribution in [3.05, 3.63) is 72.7 Å². The molecule has 1 aliphatic rings. The van der Waals surface area contributed by atoms with Gasteiger partial charge in [0.25, 0.3) is 0 Å². The number of rotatable bonds is 6. The summed E-state index contributed by atoms with van der Waals surface area (Å²) in [7, 11) is -3.59. The van der Waals surface area contributed by atoms with Crippen molar-refractivity contribution in [2.75, 3.05) is 19.6 Å². The number of benzene rings is 2. The van der Waals surface area contributed by atoms with Crippen LogP contribution in [0.25, 0.3) is 16.4 Å². The maximum absolute atomic E-state index is 13.1. The molecule has 1 N–H and O–H groups in total. The summed E-state index contributed by atoms with van der Waals surface area (Å²) in [5.41, 5.74) is 0.777. The average Bonchev–Trinajstić information content (AvgIpc) is 3.27. The van der Waals surface area contributed by atoms with Gasteiger partial charge in [-0.1, -0.05) is 36.4 Å². The molecule has 0 atom stereocenters. The van der Waals surface area contributed by atoms with E-state index in [4.69, 9.17) is 0 Å². The predicted molar refractivity (Wildman–Crippen MR) is 125 cm³/mol. The molecular weight excluding hydrogens is 438 g/mol. The molecule has 1 saturated heterocycles. The summed E-state index contributed by atoms with van der Waals surface area (Å²) in [6.07, 6.45) is 3.49. The van der Waals surface area contributed by atoms with Gasteiger partial charge in [-0.05, 0) is 47.9 Å². The molecule has 2 aromatic carbocycles. The Balaban J connectivity index is 1.16. The van der Waals surface area contributed by atoms with Crippen LogP contribution in [0.5, 0.6) is 0 Å². The maximum Gasteiger partial charge on any atom is 0.243 e. The van der Waals surface area contributed by atoms with Crippen LogP contribution in [-0.4, -0.2) is 52.9 Å². The molecule has 0 radical (unpaired) electrons. The number of amides is 1. The van der Waals surface area contributed by atoms with Crippen molar-refractivity contribution in [2.45, 2.75) is 24.2 Å². The molecule has 1 amide bonds. The van der Waals surface area contributed by atoms with E-state index in [0.717, 1.165) is 22.2 Å². The third kappa shape index (κ3) is 4.34. The minimum Gasteiger partial charge on any atom is -0.355 e. The minimum absolute atomic E-state index is 0.0356. The van der Waals surface area contributed by atoms with Crippen LogP contribution in [0.3, 0.4) is 0 Å². The number of fused-ring (bicyclic) bond motifs is 2. The Hall–Kier alpha value is -3.30. The second kappa shape index (κ2) is 8.92. The highest BCUT2D eigenvalue weighted by molar-refractivity contribution is 7.89. The Morgan fingerprint density at radius 3 is 2.55 bits per heavy atom. The van der Waals surface area contributed by atoms with Gasteiger partial charge in [0.15, 0.2) is 5.65 Å². The van der Waals surface area contributed by atoms with Gasteiger partial charge in [0.05, 0.1) is 4.90 Å². The number of pyridine rings is 1. The van der Waals surface area contributed by atoms with Crippen LogP contribution in [0.15, 0.2) is 71.8 Å². The molecule has 170 valence electrons. The molecule has 1 aliphatic heterocycles. The van der Waals surface area contributed by atoms with E-state index in [0.29, 0.717) is 43.8 Å². The maximum atomic E-state index is 13.1. The van der Waals surface area contributed by atoms with Crippen molar-refractivity contribution in [1.29, 1.82) is 0 Å². The summed E-state index contributed by atoms with van der Waals surface area (Å²) in [5, 5.41) is 13.2. The van der Waals surface area contributed by atoms with Crippen molar-refractivity contribution in [2.24, 2.45) is 5.92 Å². The largest absolute Gasteiger partial charge is 0.355 e. The van der Waals surface area contributed by atoms with Crippen molar-refractivity contribution < 1.29 is 13.2 Å². The zero-order valence-corrected chi connectivity index (χ0v) is 18.9. The summed E-state index contributed by atoms with van der Waals surface area (Å²) in [4.78, 5) is 12.9. The van der Waals surface area contributed by atoms with E-state index < -0.39 is 10.0 Å². The number of piperidine rings is 1. The molecule has 1 fully saturated rings. The van der Waals surface area contributed by atoms with Crippen LogP contribution < -0.4 is 5.32 Å².